The molecule has 2 heterocycles. The summed E-state index contributed by atoms with van der Waals surface area (Å²) < 4.78 is 7.15. The lowest BCUT2D eigenvalue weighted by atomic mass is 10.2. The lowest BCUT2D eigenvalue weighted by Gasteiger charge is -2.13. The zero-order valence-corrected chi connectivity index (χ0v) is 15.1. The van der Waals surface area contributed by atoms with E-state index in [0.717, 1.165) is 52.1 Å². The Bertz CT molecular complexity index is 951. The van der Waals surface area contributed by atoms with E-state index in [1.54, 1.807) is 22.6 Å². The molecule has 4 rings (SSSR count). The second kappa shape index (κ2) is 7.10. The largest absolute Gasteiger partial charge is 0.467 e. The first kappa shape index (κ1) is 16.5. The van der Waals surface area contributed by atoms with E-state index in [9.17, 15) is 4.79 Å². The van der Waals surface area contributed by atoms with Crippen LogP contribution >= 0.6 is 23.4 Å². The predicted molar refractivity (Wildman–Crippen MR) is 99.3 cm³/mol. The molecule has 3 aromatic rings. The number of furan rings is 1. The van der Waals surface area contributed by atoms with Gasteiger partial charge in [0.1, 0.15) is 10.8 Å². The number of hydrogen-bond donors (Lipinski definition) is 0. The van der Waals surface area contributed by atoms with Crippen LogP contribution in [0.3, 0.4) is 0 Å². The van der Waals surface area contributed by atoms with Crippen molar-refractivity contribution in [3.63, 3.8) is 0 Å². The Kier molecular flexibility index (Phi) is 4.68. The summed E-state index contributed by atoms with van der Waals surface area (Å²) in [5, 5.41) is 1.58. The predicted octanol–water partition coefficient (Wildman–Crippen LogP) is 4.32. The highest BCUT2D eigenvalue weighted by Gasteiger charge is 2.22. The van der Waals surface area contributed by atoms with Crippen molar-refractivity contribution >= 4 is 23.4 Å². The molecule has 128 valence electrons. The molecule has 0 amide bonds. The molecule has 0 bridgehead atoms. The van der Waals surface area contributed by atoms with Gasteiger partial charge in [-0.1, -0.05) is 23.7 Å². The molecule has 0 N–H and O–H groups in total. The maximum atomic E-state index is 12.6. The van der Waals surface area contributed by atoms with Gasteiger partial charge in [-0.15, -0.1) is 11.8 Å². The fraction of sp³-hybridized carbons (Fsp3) is 0.263. The molecule has 2 aromatic heterocycles. The molecule has 0 saturated carbocycles. The molecule has 0 radical (unpaired) electrons. The summed E-state index contributed by atoms with van der Waals surface area (Å²) in [5.74, 6) is 1.53. The van der Waals surface area contributed by atoms with Gasteiger partial charge in [0.25, 0.3) is 0 Å². The third-order valence-electron chi connectivity index (χ3n) is 4.36. The average Bonchev–Trinajstić information content (AvgIpc) is 3.27. The van der Waals surface area contributed by atoms with Crippen LogP contribution in [0.25, 0.3) is 0 Å². The van der Waals surface area contributed by atoms with Crippen molar-refractivity contribution in [2.75, 3.05) is 0 Å². The number of nitrogens with zero attached hydrogens (tertiary/aromatic N) is 2. The standard InChI is InChI=1S/C19H17ClN2O2S/c20-14-5-1-4-13(10-14)12-25-18-16-7-2-8-17(16)22(19(23)21-18)11-15-6-3-9-24-15/h1,3-6,9-10H,2,7-8,11-12H2. The Morgan fingerprint density at radius 1 is 1.24 bits per heavy atom. The van der Waals surface area contributed by atoms with Crippen molar-refractivity contribution in [1.29, 1.82) is 0 Å². The summed E-state index contributed by atoms with van der Waals surface area (Å²) in [6.07, 6.45) is 4.57. The molecule has 0 fully saturated rings. The van der Waals surface area contributed by atoms with Crippen LogP contribution in [-0.2, 0) is 25.1 Å². The minimum Gasteiger partial charge on any atom is -0.467 e. The lowest BCUT2D eigenvalue weighted by Crippen LogP contribution is -2.27. The molecular formula is C19H17ClN2O2S. The number of benzene rings is 1. The Hall–Kier alpha value is -1.98. The Morgan fingerprint density at radius 2 is 2.16 bits per heavy atom. The minimum atomic E-state index is -0.203. The zero-order chi connectivity index (χ0) is 17.2. The molecule has 0 aliphatic heterocycles. The van der Waals surface area contributed by atoms with E-state index in [0.29, 0.717) is 6.54 Å². The van der Waals surface area contributed by atoms with Gasteiger partial charge in [0.15, 0.2) is 0 Å². The molecule has 0 saturated heterocycles. The van der Waals surface area contributed by atoms with Gasteiger partial charge < -0.3 is 4.42 Å². The van der Waals surface area contributed by atoms with E-state index in [1.165, 1.54) is 5.56 Å². The monoisotopic (exact) mass is 372 g/mol. The molecular weight excluding hydrogens is 356 g/mol. The Labute approximate surface area is 154 Å². The van der Waals surface area contributed by atoms with Gasteiger partial charge in [-0.3, -0.25) is 4.57 Å². The van der Waals surface area contributed by atoms with Gasteiger partial charge in [0.2, 0.25) is 0 Å². The second-order valence-corrected chi connectivity index (χ2v) is 7.46. The summed E-state index contributed by atoms with van der Waals surface area (Å²) in [6.45, 7) is 0.445. The van der Waals surface area contributed by atoms with Gasteiger partial charge in [0.05, 0.1) is 12.8 Å². The molecule has 0 unspecified atom stereocenters. The van der Waals surface area contributed by atoms with Crippen LogP contribution in [0.2, 0.25) is 5.02 Å². The molecule has 0 atom stereocenters. The zero-order valence-electron chi connectivity index (χ0n) is 13.6. The molecule has 1 aliphatic rings. The first-order valence-electron chi connectivity index (χ1n) is 8.23. The van der Waals surface area contributed by atoms with Crippen molar-refractivity contribution in [3.05, 3.63) is 80.7 Å². The second-order valence-electron chi connectivity index (χ2n) is 6.06. The normalized spacial score (nSPS) is 13.2. The van der Waals surface area contributed by atoms with Crippen molar-refractivity contribution in [3.8, 4) is 0 Å². The number of halogens is 1. The SMILES string of the molecule is O=c1nc(SCc2cccc(Cl)c2)c2c(n1Cc1ccco1)CCC2. The number of aromatic nitrogens is 2. The summed E-state index contributed by atoms with van der Waals surface area (Å²) in [7, 11) is 0. The number of fused-ring (bicyclic) bond motifs is 1. The van der Waals surface area contributed by atoms with Gasteiger partial charge in [-0.05, 0) is 49.1 Å². The van der Waals surface area contributed by atoms with Crippen molar-refractivity contribution in [2.24, 2.45) is 0 Å². The van der Waals surface area contributed by atoms with Crippen LogP contribution in [0.15, 0.2) is 56.9 Å². The van der Waals surface area contributed by atoms with E-state index in [-0.39, 0.29) is 5.69 Å². The number of thioether (sulfide) groups is 1. The summed E-state index contributed by atoms with van der Waals surface area (Å²) in [6, 6.07) is 11.5. The Balaban J connectivity index is 1.62. The molecule has 6 heteroatoms. The lowest BCUT2D eigenvalue weighted by molar-refractivity contribution is 0.481. The maximum absolute atomic E-state index is 12.6. The quantitative estimate of drug-likeness (QED) is 0.494. The summed E-state index contributed by atoms with van der Waals surface area (Å²) in [5.41, 5.74) is 3.24. The van der Waals surface area contributed by atoms with Crippen LogP contribution in [0.1, 0.15) is 29.0 Å². The van der Waals surface area contributed by atoms with Crippen LogP contribution in [0, 0.1) is 0 Å². The summed E-state index contributed by atoms with van der Waals surface area (Å²) >= 11 is 7.66. The summed E-state index contributed by atoms with van der Waals surface area (Å²) in [4.78, 5) is 16.9. The number of rotatable bonds is 5. The van der Waals surface area contributed by atoms with Crippen molar-refractivity contribution in [1.82, 2.24) is 9.55 Å². The molecule has 1 aromatic carbocycles. The fourth-order valence-corrected chi connectivity index (χ4v) is 4.44. The topological polar surface area (TPSA) is 48.0 Å². The van der Waals surface area contributed by atoms with E-state index >= 15 is 0 Å². The molecule has 25 heavy (non-hydrogen) atoms. The van der Waals surface area contributed by atoms with Gasteiger partial charge in [-0.2, -0.15) is 4.98 Å². The number of hydrogen-bond acceptors (Lipinski definition) is 4. The highest BCUT2D eigenvalue weighted by atomic mass is 35.5. The smallest absolute Gasteiger partial charge is 0.349 e. The van der Waals surface area contributed by atoms with E-state index < -0.39 is 0 Å². The van der Waals surface area contributed by atoms with Crippen LogP contribution in [-0.4, -0.2) is 9.55 Å². The van der Waals surface area contributed by atoms with E-state index in [4.69, 9.17) is 16.0 Å². The van der Waals surface area contributed by atoms with Crippen LogP contribution in [0.4, 0.5) is 0 Å². The highest BCUT2D eigenvalue weighted by molar-refractivity contribution is 7.98. The van der Waals surface area contributed by atoms with Crippen molar-refractivity contribution in [2.45, 2.75) is 36.6 Å². The third-order valence-corrected chi connectivity index (χ3v) is 5.68. The maximum Gasteiger partial charge on any atom is 0.349 e. The molecule has 4 nitrogen and oxygen atoms in total. The van der Waals surface area contributed by atoms with Crippen molar-refractivity contribution < 1.29 is 4.42 Å². The fourth-order valence-electron chi connectivity index (χ4n) is 3.21. The first-order valence-corrected chi connectivity index (χ1v) is 9.59. The average molecular weight is 373 g/mol. The van der Waals surface area contributed by atoms with Crippen LogP contribution < -0.4 is 5.69 Å². The molecule has 0 spiro atoms. The highest BCUT2D eigenvalue weighted by Crippen LogP contribution is 2.31. The van der Waals surface area contributed by atoms with Crippen LogP contribution in [0.5, 0.6) is 0 Å². The van der Waals surface area contributed by atoms with Gasteiger partial charge >= 0.3 is 5.69 Å². The van der Waals surface area contributed by atoms with Gasteiger partial charge in [0, 0.05) is 22.0 Å². The Morgan fingerprint density at radius 3 is 2.96 bits per heavy atom. The van der Waals surface area contributed by atoms with Gasteiger partial charge in [-0.25, -0.2) is 4.79 Å². The third kappa shape index (κ3) is 3.53. The molecule has 1 aliphatic carbocycles. The first-order chi connectivity index (χ1) is 12.2. The minimum absolute atomic E-state index is 0.203. The van der Waals surface area contributed by atoms with E-state index in [1.807, 2.05) is 36.4 Å². The van der Waals surface area contributed by atoms with E-state index in [2.05, 4.69) is 4.98 Å².